The van der Waals surface area contributed by atoms with Gasteiger partial charge >= 0.3 is 6.09 Å². The monoisotopic (exact) mass is 337 g/mol. The molecule has 25 heavy (non-hydrogen) atoms. The number of benzene rings is 2. The number of aryl methyl sites for hydroxylation is 1. The van der Waals surface area contributed by atoms with Gasteiger partial charge in [0.15, 0.2) is 0 Å². The smallest absolute Gasteiger partial charge is 0.405 e. The van der Waals surface area contributed by atoms with Crippen LogP contribution in [0.5, 0.6) is 0 Å². The molecule has 1 amide bonds. The van der Waals surface area contributed by atoms with Crippen molar-refractivity contribution in [1.29, 1.82) is 0 Å². The van der Waals surface area contributed by atoms with Crippen molar-refractivity contribution in [3.63, 3.8) is 0 Å². The van der Waals surface area contributed by atoms with Gasteiger partial charge in [0, 0.05) is 0 Å². The van der Waals surface area contributed by atoms with E-state index in [0.717, 1.165) is 31.2 Å². The zero-order chi connectivity index (χ0) is 18.0. The first-order valence-corrected chi connectivity index (χ1v) is 9.24. The zero-order valence-electron chi connectivity index (χ0n) is 15.3. The van der Waals surface area contributed by atoms with Gasteiger partial charge in [0.2, 0.25) is 0 Å². The molecule has 0 saturated carbocycles. The topological polar surface area (TPSA) is 49.3 Å². The molecule has 3 rings (SSSR count). The van der Waals surface area contributed by atoms with Crippen molar-refractivity contribution in [2.75, 3.05) is 0 Å². The van der Waals surface area contributed by atoms with Gasteiger partial charge in [-0.3, -0.25) is 0 Å². The van der Waals surface area contributed by atoms with E-state index >= 15 is 0 Å². The number of fused-ring (bicyclic) bond motifs is 1. The number of amides is 1. The normalized spacial score (nSPS) is 18.0. The van der Waals surface area contributed by atoms with Crippen molar-refractivity contribution in [3.05, 3.63) is 59.2 Å². The first-order valence-electron chi connectivity index (χ1n) is 9.24. The second-order valence-electron chi connectivity index (χ2n) is 7.10. The highest BCUT2D eigenvalue weighted by Crippen LogP contribution is 2.50. The predicted molar refractivity (Wildman–Crippen MR) is 102 cm³/mol. The summed E-state index contributed by atoms with van der Waals surface area (Å²) in [5.74, 6) is 0. The van der Waals surface area contributed by atoms with E-state index in [2.05, 4.69) is 68.6 Å². The van der Waals surface area contributed by atoms with Crippen LogP contribution >= 0.6 is 0 Å². The fourth-order valence-electron chi connectivity index (χ4n) is 4.26. The summed E-state index contributed by atoms with van der Waals surface area (Å²) in [5.41, 5.74) is 6.18. The van der Waals surface area contributed by atoms with E-state index in [4.69, 9.17) is 0 Å². The minimum Gasteiger partial charge on any atom is -0.465 e. The third-order valence-electron chi connectivity index (χ3n) is 5.95. The molecule has 0 bridgehead atoms. The summed E-state index contributed by atoms with van der Waals surface area (Å²) in [4.78, 5) is 11.3. The largest absolute Gasteiger partial charge is 0.465 e. The summed E-state index contributed by atoms with van der Waals surface area (Å²) in [7, 11) is 0. The zero-order valence-corrected chi connectivity index (χ0v) is 15.3. The Morgan fingerprint density at radius 1 is 1.12 bits per heavy atom. The van der Waals surface area contributed by atoms with Crippen molar-refractivity contribution in [3.8, 4) is 11.1 Å². The molecule has 1 aliphatic rings. The van der Waals surface area contributed by atoms with Crippen LogP contribution in [0.25, 0.3) is 11.1 Å². The molecule has 2 N–H and O–H groups in total. The number of hydrogen-bond donors (Lipinski definition) is 2. The van der Waals surface area contributed by atoms with E-state index in [9.17, 15) is 9.90 Å². The van der Waals surface area contributed by atoms with E-state index in [-0.39, 0.29) is 11.5 Å². The summed E-state index contributed by atoms with van der Waals surface area (Å²) in [6.07, 6.45) is 2.94. The molecular formula is C22H27NO2. The Hall–Kier alpha value is -2.29. The van der Waals surface area contributed by atoms with Crippen LogP contribution in [0.3, 0.4) is 0 Å². The Balaban J connectivity index is 2.02. The Morgan fingerprint density at radius 2 is 1.84 bits per heavy atom. The lowest BCUT2D eigenvalue weighted by Crippen LogP contribution is -2.37. The van der Waals surface area contributed by atoms with Gasteiger partial charge in [0.25, 0.3) is 0 Å². The molecule has 1 unspecified atom stereocenters. The minimum absolute atomic E-state index is 0.0232. The molecule has 0 radical (unpaired) electrons. The molecule has 0 aliphatic heterocycles. The fraction of sp³-hybridized carbons (Fsp3) is 0.409. The van der Waals surface area contributed by atoms with E-state index in [1.54, 1.807) is 0 Å². The van der Waals surface area contributed by atoms with E-state index in [1.807, 2.05) is 0 Å². The van der Waals surface area contributed by atoms with Crippen LogP contribution in [-0.4, -0.2) is 11.2 Å². The molecule has 0 spiro atoms. The van der Waals surface area contributed by atoms with Crippen molar-refractivity contribution in [2.24, 2.45) is 5.41 Å². The van der Waals surface area contributed by atoms with Gasteiger partial charge in [0.1, 0.15) is 0 Å². The quantitative estimate of drug-likeness (QED) is 0.747. The molecule has 132 valence electrons. The number of hydrogen-bond acceptors (Lipinski definition) is 1. The maximum atomic E-state index is 11.3. The molecular weight excluding hydrogens is 310 g/mol. The molecule has 3 heteroatoms. The SMILES string of the molecule is CCc1cccc(-c2ccc3c(c2)CC(CC)(CC)C3NC(=O)O)c1. The summed E-state index contributed by atoms with van der Waals surface area (Å²) in [6, 6.07) is 15.1. The summed E-state index contributed by atoms with van der Waals surface area (Å²) in [6.45, 7) is 6.50. The first kappa shape index (κ1) is 17.5. The molecule has 2 aromatic rings. The number of nitrogens with one attached hydrogen (secondary N) is 1. The van der Waals surface area contributed by atoms with Gasteiger partial charge in [-0.25, -0.2) is 4.79 Å². The molecule has 3 nitrogen and oxygen atoms in total. The van der Waals surface area contributed by atoms with E-state index < -0.39 is 6.09 Å². The predicted octanol–water partition coefficient (Wildman–Crippen LogP) is 5.59. The number of carbonyl (C=O) groups is 1. The van der Waals surface area contributed by atoms with Gasteiger partial charge in [-0.05, 0) is 58.9 Å². The van der Waals surface area contributed by atoms with Gasteiger partial charge < -0.3 is 10.4 Å². The Labute approximate surface area is 150 Å². The first-order chi connectivity index (χ1) is 12.0. The van der Waals surface area contributed by atoms with E-state index in [0.29, 0.717) is 0 Å². The maximum Gasteiger partial charge on any atom is 0.405 e. The average molecular weight is 337 g/mol. The standard InChI is InChI=1S/C22H27NO2/c1-4-15-8-7-9-16(12-15)17-10-11-19-18(13-17)14-22(5-2,6-3)20(19)23-21(24)25/h7-13,20,23H,4-6,14H2,1-3H3,(H,24,25). The van der Waals surface area contributed by atoms with E-state index in [1.165, 1.54) is 22.3 Å². The minimum atomic E-state index is -0.941. The Morgan fingerprint density at radius 3 is 2.48 bits per heavy atom. The van der Waals surface area contributed by atoms with Crippen LogP contribution in [0.2, 0.25) is 0 Å². The fourth-order valence-corrected chi connectivity index (χ4v) is 4.26. The van der Waals surface area contributed by atoms with Gasteiger partial charge in [-0.2, -0.15) is 0 Å². The maximum absolute atomic E-state index is 11.3. The number of rotatable bonds is 5. The van der Waals surface area contributed by atoms with Crippen LogP contribution in [-0.2, 0) is 12.8 Å². The second-order valence-corrected chi connectivity index (χ2v) is 7.10. The Kier molecular flexibility index (Phi) is 4.85. The van der Waals surface area contributed by atoms with Crippen molar-refractivity contribution in [2.45, 2.75) is 52.5 Å². The van der Waals surface area contributed by atoms with Gasteiger partial charge in [-0.1, -0.05) is 63.2 Å². The lowest BCUT2D eigenvalue weighted by Gasteiger charge is -2.33. The molecule has 0 aromatic heterocycles. The van der Waals surface area contributed by atoms with Crippen LogP contribution in [0, 0.1) is 5.41 Å². The van der Waals surface area contributed by atoms with Crippen LogP contribution in [0.4, 0.5) is 4.79 Å². The number of carboxylic acid groups (broad SMARTS) is 1. The molecule has 1 aliphatic carbocycles. The summed E-state index contributed by atoms with van der Waals surface area (Å²) < 4.78 is 0. The molecule has 1 atom stereocenters. The molecule has 0 saturated heterocycles. The summed E-state index contributed by atoms with van der Waals surface area (Å²) >= 11 is 0. The second kappa shape index (κ2) is 6.91. The van der Waals surface area contributed by atoms with Crippen LogP contribution in [0.15, 0.2) is 42.5 Å². The third kappa shape index (κ3) is 3.15. The highest BCUT2D eigenvalue weighted by atomic mass is 16.4. The van der Waals surface area contributed by atoms with Crippen molar-refractivity contribution >= 4 is 6.09 Å². The van der Waals surface area contributed by atoms with Crippen LogP contribution < -0.4 is 5.32 Å². The van der Waals surface area contributed by atoms with Crippen molar-refractivity contribution in [1.82, 2.24) is 5.32 Å². The highest BCUT2D eigenvalue weighted by Gasteiger charge is 2.44. The third-order valence-corrected chi connectivity index (χ3v) is 5.95. The lowest BCUT2D eigenvalue weighted by atomic mass is 9.76. The highest BCUT2D eigenvalue weighted by molar-refractivity contribution is 5.69. The van der Waals surface area contributed by atoms with Crippen LogP contribution in [0.1, 0.15) is 56.3 Å². The molecule has 2 aromatic carbocycles. The summed E-state index contributed by atoms with van der Waals surface area (Å²) in [5, 5.41) is 12.1. The average Bonchev–Trinajstić information content (AvgIpc) is 2.94. The molecule has 0 heterocycles. The van der Waals surface area contributed by atoms with Crippen molar-refractivity contribution < 1.29 is 9.90 Å². The van der Waals surface area contributed by atoms with Gasteiger partial charge in [-0.15, -0.1) is 0 Å². The Bertz CT molecular complexity index is 777. The van der Waals surface area contributed by atoms with Gasteiger partial charge in [0.05, 0.1) is 6.04 Å². The molecule has 0 fully saturated rings. The lowest BCUT2D eigenvalue weighted by molar-refractivity contribution is 0.157.